The lowest BCUT2D eigenvalue weighted by atomic mass is 10.1. The number of nitrogens with one attached hydrogen (secondary N) is 2. The number of aromatic amines is 1. The van der Waals surface area contributed by atoms with Gasteiger partial charge in [0.15, 0.2) is 5.82 Å². The number of amides is 1. The lowest BCUT2D eigenvalue weighted by molar-refractivity contribution is 0.0940. The molecule has 0 saturated carbocycles. The van der Waals surface area contributed by atoms with Gasteiger partial charge in [0.2, 0.25) is 0 Å². The quantitative estimate of drug-likeness (QED) is 0.562. The van der Waals surface area contributed by atoms with Crippen molar-refractivity contribution in [2.24, 2.45) is 0 Å². The van der Waals surface area contributed by atoms with Crippen molar-refractivity contribution in [3.8, 4) is 11.4 Å². The van der Waals surface area contributed by atoms with E-state index in [1.165, 1.54) is 10.1 Å². The molecule has 1 unspecified atom stereocenters. The first-order valence-electron chi connectivity index (χ1n) is 9.33. The highest BCUT2D eigenvalue weighted by atomic mass is 16.2. The third-order valence-corrected chi connectivity index (χ3v) is 5.05. The maximum absolute atomic E-state index is 12.7. The van der Waals surface area contributed by atoms with Gasteiger partial charge in [0, 0.05) is 24.2 Å². The number of carbonyl (C=O) groups excluding carboxylic acids is 1. The Morgan fingerprint density at radius 2 is 2.00 bits per heavy atom. The first-order chi connectivity index (χ1) is 13.9. The van der Waals surface area contributed by atoms with Gasteiger partial charge in [0.05, 0.1) is 11.6 Å². The summed E-state index contributed by atoms with van der Waals surface area (Å²) in [6, 6.07) is 10.9. The minimum Gasteiger partial charge on any atom is -0.345 e. The molecule has 4 aromatic rings. The van der Waals surface area contributed by atoms with Crippen molar-refractivity contribution in [1.29, 1.82) is 0 Å². The fraction of sp³-hybridized carbons (Fsp3) is 0.182. The molecule has 0 saturated heterocycles. The lowest BCUT2D eigenvalue weighted by Gasteiger charge is -2.12. The van der Waals surface area contributed by atoms with E-state index in [1.54, 1.807) is 24.7 Å². The van der Waals surface area contributed by atoms with E-state index < -0.39 is 0 Å². The van der Waals surface area contributed by atoms with Crippen LogP contribution in [0.15, 0.2) is 59.8 Å². The number of aromatic nitrogens is 4. The molecule has 0 bridgehead atoms. The molecule has 3 heterocycles. The Hall–Kier alpha value is -3.74. The summed E-state index contributed by atoms with van der Waals surface area (Å²) in [5, 5.41) is 7.41. The normalized spacial score (nSPS) is 12.1. The Morgan fingerprint density at radius 3 is 2.72 bits per heavy atom. The fourth-order valence-electron chi connectivity index (χ4n) is 3.15. The van der Waals surface area contributed by atoms with Gasteiger partial charge in [0.25, 0.3) is 11.5 Å². The molecule has 0 aliphatic rings. The van der Waals surface area contributed by atoms with Crippen LogP contribution in [0, 0.1) is 13.8 Å². The van der Waals surface area contributed by atoms with Crippen LogP contribution in [-0.4, -0.2) is 25.5 Å². The van der Waals surface area contributed by atoms with E-state index in [1.807, 2.05) is 51.1 Å². The average Bonchev–Trinajstić information content (AvgIpc) is 3.16. The topological polar surface area (TPSA) is 92.2 Å². The molecule has 4 rings (SSSR count). The SMILES string of the molecule is Cc1ccc(-c2nn3cc(C(=O)NC(C)c4cccnc4)cc3c(=O)[nH]2)cc1C. The molecule has 7 heteroatoms. The molecule has 0 aliphatic heterocycles. The maximum Gasteiger partial charge on any atom is 0.275 e. The molecular weight excluding hydrogens is 366 g/mol. The predicted octanol–water partition coefficient (Wildman–Crippen LogP) is 3.19. The lowest BCUT2D eigenvalue weighted by Crippen LogP contribution is -2.26. The van der Waals surface area contributed by atoms with Gasteiger partial charge in [-0.3, -0.25) is 14.6 Å². The van der Waals surface area contributed by atoms with Crippen LogP contribution in [0.1, 0.15) is 40.0 Å². The highest BCUT2D eigenvalue weighted by molar-refractivity contribution is 5.95. The van der Waals surface area contributed by atoms with Crippen LogP contribution >= 0.6 is 0 Å². The van der Waals surface area contributed by atoms with E-state index in [9.17, 15) is 9.59 Å². The monoisotopic (exact) mass is 387 g/mol. The molecule has 0 aliphatic carbocycles. The van der Waals surface area contributed by atoms with Crippen molar-refractivity contribution in [1.82, 2.24) is 24.9 Å². The number of aryl methyl sites for hydroxylation is 2. The van der Waals surface area contributed by atoms with Gasteiger partial charge >= 0.3 is 0 Å². The van der Waals surface area contributed by atoms with E-state index in [0.717, 1.165) is 16.7 Å². The molecule has 0 radical (unpaired) electrons. The Morgan fingerprint density at radius 1 is 1.17 bits per heavy atom. The van der Waals surface area contributed by atoms with Crippen LogP contribution < -0.4 is 10.9 Å². The highest BCUT2D eigenvalue weighted by Gasteiger charge is 2.16. The number of rotatable bonds is 4. The molecule has 0 fully saturated rings. The molecular formula is C22H21N5O2. The van der Waals surface area contributed by atoms with E-state index in [4.69, 9.17) is 0 Å². The molecule has 146 valence electrons. The van der Waals surface area contributed by atoms with Crippen LogP contribution in [0.4, 0.5) is 0 Å². The van der Waals surface area contributed by atoms with Crippen molar-refractivity contribution in [2.75, 3.05) is 0 Å². The van der Waals surface area contributed by atoms with Crippen LogP contribution in [-0.2, 0) is 0 Å². The van der Waals surface area contributed by atoms with Crippen LogP contribution in [0.5, 0.6) is 0 Å². The van der Waals surface area contributed by atoms with Gasteiger partial charge in [-0.15, -0.1) is 5.10 Å². The number of hydrogen-bond donors (Lipinski definition) is 2. The van der Waals surface area contributed by atoms with E-state index in [2.05, 4.69) is 20.4 Å². The van der Waals surface area contributed by atoms with Crippen molar-refractivity contribution in [2.45, 2.75) is 26.8 Å². The van der Waals surface area contributed by atoms with Crippen LogP contribution in [0.25, 0.3) is 16.9 Å². The first-order valence-corrected chi connectivity index (χ1v) is 9.33. The molecule has 3 aromatic heterocycles. The van der Waals surface area contributed by atoms with Gasteiger partial charge < -0.3 is 10.3 Å². The van der Waals surface area contributed by atoms with E-state index >= 15 is 0 Å². The van der Waals surface area contributed by atoms with E-state index in [0.29, 0.717) is 16.9 Å². The predicted molar refractivity (Wildman–Crippen MR) is 111 cm³/mol. The highest BCUT2D eigenvalue weighted by Crippen LogP contribution is 2.18. The van der Waals surface area contributed by atoms with Gasteiger partial charge in [-0.1, -0.05) is 18.2 Å². The van der Waals surface area contributed by atoms with Crippen molar-refractivity contribution < 1.29 is 4.79 Å². The number of fused-ring (bicyclic) bond motifs is 1. The Bertz CT molecular complexity index is 1260. The minimum atomic E-state index is -0.299. The summed E-state index contributed by atoms with van der Waals surface area (Å²) in [5.41, 5.74) is 4.39. The number of hydrogen-bond acceptors (Lipinski definition) is 4. The van der Waals surface area contributed by atoms with Crippen molar-refractivity contribution >= 4 is 11.4 Å². The third-order valence-electron chi connectivity index (χ3n) is 5.05. The molecule has 29 heavy (non-hydrogen) atoms. The zero-order chi connectivity index (χ0) is 20.5. The zero-order valence-electron chi connectivity index (χ0n) is 16.4. The summed E-state index contributed by atoms with van der Waals surface area (Å²) in [4.78, 5) is 32.1. The van der Waals surface area contributed by atoms with Crippen molar-refractivity contribution in [3.05, 3.63) is 87.6 Å². The standard InChI is InChI=1S/C22H21N5O2/c1-13-6-7-16(9-14(13)2)20-25-22(29)19-10-18(12-27(19)26-20)21(28)24-15(3)17-5-4-8-23-11-17/h4-12,15H,1-3H3,(H,24,28)(H,25,26,29). The average molecular weight is 387 g/mol. The maximum atomic E-state index is 12.7. The Kier molecular flexibility index (Phi) is 4.72. The summed E-state index contributed by atoms with van der Waals surface area (Å²) < 4.78 is 1.45. The van der Waals surface area contributed by atoms with Gasteiger partial charge in [-0.05, 0) is 55.7 Å². The number of nitrogens with zero attached hydrogens (tertiary/aromatic N) is 3. The summed E-state index contributed by atoms with van der Waals surface area (Å²) >= 11 is 0. The molecule has 0 spiro atoms. The molecule has 1 amide bonds. The Labute approximate surface area is 167 Å². The summed E-state index contributed by atoms with van der Waals surface area (Å²) in [7, 11) is 0. The molecule has 1 atom stereocenters. The minimum absolute atomic E-state index is 0.212. The molecule has 7 nitrogen and oxygen atoms in total. The second kappa shape index (κ2) is 7.35. The number of carbonyl (C=O) groups is 1. The fourth-order valence-corrected chi connectivity index (χ4v) is 3.15. The second-order valence-electron chi connectivity index (χ2n) is 7.14. The van der Waals surface area contributed by atoms with Gasteiger partial charge in [-0.25, -0.2) is 4.52 Å². The van der Waals surface area contributed by atoms with Gasteiger partial charge in [-0.2, -0.15) is 0 Å². The smallest absolute Gasteiger partial charge is 0.275 e. The molecule has 2 N–H and O–H groups in total. The van der Waals surface area contributed by atoms with Crippen molar-refractivity contribution in [3.63, 3.8) is 0 Å². The molecule has 1 aromatic carbocycles. The zero-order valence-corrected chi connectivity index (χ0v) is 16.4. The second-order valence-corrected chi connectivity index (χ2v) is 7.14. The summed E-state index contributed by atoms with van der Waals surface area (Å²) in [6.45, 7) is 5.92. The third kappa shape index (κ3) is 3.67. The summed E-state index contributed by atoms with van der Waals surface area (Å²) in [6.07, 6.45) is 4.97. The first kappa shape index (κ1) is 18.6. The number of benzene rings is 1. The summed E-state index contributed by atoms with van der Waals surface area (Å²) in [5.74, 6) is 0.177. The largest absolute Gasteiger partial charge is 0.345 e. The van der Waals surface area contributed by atoms with Crippen LogP contribution in [0.2, 0.25) is 0 Å². The number of pyridine rings is 1. The van der Waals surface area contributed by atoms with E-state index in [-0.39, 0.29) is 17.5 Å². The Balaban J connectivity index is 1.65. The number of H-pyrrole nitrogens is 1. The van der Waals surface area contributed by atoms with Crippen LogP contribution in [0.3, 0.4) is 0 Å². The van der Waals surface area contributed by atoms with Gasteiger partial charge in [0.1, 0.15) is 5.52 Å².